The van der Waals surface area contributed by atoms with Gasteiger partial charge in [-0.05, 0) is 31.0 Å². The molecular formula is C13H13N3O2. The molecule has 2 N–H and O–H groups in total. The number of amides is 1. The van der Waals surface area contributed by atoms with Crippen molar-refractivity contribution >= 4 is 28.3 Å². The van der Waals surface area contributed by atoms with Crippen molar-refractivity contribution in [2.45, 2.75) is 12.8 Å². The summed E-state index contributed by atoms with van der Waals surface area (Å²) in [5.41, 5.74) is 5.04. The van der Waals surface area contributed by atoms with Crippen LogP contribution < -0.4 is 10.7 Å². The van der Waals surface area contributed by atoms with E-state index >= 15 is 0 Å². The molecule has 0 bridgehead atoms. The lowest BCUT2D eigenvalue weighted by Gasteiger charge is -2.13. The number of benzene rings is 1. The Hall–Kier alpha value is -2.30. The average molecular weight is 243 g/mol. The predicted octanol–water partition coefficient (Wildman–Crippen LogP) is 2.11. The summed E-state index contributed by atoms with van der Waals surface area (Å²) >= 11 is 0. The summed E-state index contributed by atoms with van der Waals surface area (Å²) < 4.78 is 5.30. The molecule has 1 aromatic heterocycles. The molecule has 0 radical (unpaired) electrons. The molecule has 92 valence electrons. The van der Waals surface area contributed by atoms with Gasteiger partial charge in [0.05, 0.1) is 12.0 Å². The third kappa shape index (κ3) is 2.07. The normalized spacial score (nSPS) is 18.0. The number of fused-ring (bicyclic) bond motifs is 1. The molecule has 0 unspecified atom stereocenters. The van der Waals surface area contributed by atoms with Crippen LogP contribution in [0.2, 0.25) is 0 Å². The molecule has 0 atom stereocenters. The molecule has 1 aliphatic heterocycles. The molecule has 1 saturated heterocycles. The van der Waals surface area contributed by atoms with Crippen LogP contribution in [0.4, 0.5) is 5.69 Å². The number of nitrogens with one attached hydrogen (secondary N) is 2. The zero-order valence-electron chi connectivity index (χ0n) is 9.77. The lowest BCUT2D eigenvalue weighted by molar-refractivity contribution is -0.115. The smallest absolute Gasteiger partial charge is 0.267 e. The van der Waals surface area contributed by atoms with E-state index in [1.807, 2.05) is 24.3 Å². The lowest BCUT2D eigenvalue weighted by Crippen LogP contribution is -2.37. The molecule has 3 rings (SSSR count). The van der Waals surface area contributed by atoms with Crippen molar-refractivity contribution in [3.8, 4) is 0 Å². The molecule has 2 heterocycles. The minimum atomic E-state index is -0.0900. The maximum absolute atomic E-state index is 11.5. The number of furan rings is 1. The van der Waals surface area contributed by atoms with Crippen LogP contribution in [0.5, 0.6) is 0 Å². The predicted molar refractivity (Wildman–Crippen MR) is 69.5 cm³/mol. The van der Waals surface area contributed by atoms with Crippen LogP contribution in [0.15, 0.2) is 40.0 Å². The summed E-state index contributed by atoms with van der Waals surface area (Å²) in [5.74, 6) is -0.0900. The Morgan fingerprint density at radius 3 is 3.17 bits per heavy atom. The Labute approximate surface area is 104 Å². The van der Waals surface area contributed by atoms with Crippen molar-refractivity contribution in [3.63, 3.8) is 0 Å². The van der Waals surface area contributed by atoms with E-state index in [0.29, 0.717) is 12.1 Å². The molecule has 1 aromatic carbocycles. The quantitative estimate of drug-likeness (QED) is 0.794. The number of hydrazone groups is 1. The zero-order valence-corrected chi connectivity index (χ0v) is 9.77. The van der Waals surface area contributed by atoms with Crippen molar-refractivity contribution in [2.75, 3.05) is 12.0 Å². The van der Waals surface area contributed by atoms with Crippen LogP contribution in [0.1, 0.15) is 12.8 Å². The average Bonchev–Trinajstić information content (AvgIpc) is 2.85. The lowest BCUT2D eigenvalue weighted by atomic mass is 10.1. The summed E-state index contributed by atoms with van der Waals surface area (Å²) in [6.07, 6.45) is 3.29. The Bertz CT molecular complexity index is 615. The van der Waals surface area contributed by atoms with Gasteiger partial charge < -0.3 is 9.73 Å². The number of hydrogen-bond acceptors (Lipinski definition) is 4. The summed E-state index contributed by atoms with van der Waals surface area (Å²) in [6.45, 7) is 0.732. The van der Waals surface area contributed by atoms with Gasteiger partial charge in [0.2, 0.25) is 0 Å². The van der Waals surface area contributed by atoms with Crippen LogP contribution in [0.3, 0.4) is 0 Å². The standard InChI is InChI=1S/C13H13N3O2/c17-13-11(2-1-6-14-13)16-15-10-4-3-9-5-7-18-12(9)8-10/h3-5,7-8,15H,1-2,6H2,(H,14,17). The topological polar surface area (TPSA) is 66.6 Å². The second kappa shape index (κ2) is 4.52. The van der Waals surface area contributed by atoms with E-state index in [-0.39, 0.29) is 5.91 Å². The van der Waals surface area contributed by atoms with Gasteiger partial charge in [0, 0.05) is 18.0 Å². The highest BCUT2D eigenvalue weighted by atomic mass is 16.3. The third-order valence-corrected chi connectivity index (χ3v) is 2.91. The summed E-state index contributed by atoms with van der Waals surface area (Å²) in [7, 11) is 0. The van der Waals surface area contributed by atoms with E-state index in [9.17, 15) is 4.79 Å². The van der Waals surface area contributed by atoms with E-state index in [2.05, 4.69) is 15.8 Å². The van der Waals surface area contributed by atoms with E-state index in [0.717, 1.165) is 29.6 Å². The highest BCUT2D eigenvalue weighted by Crippen LogP contribution is 2.20. The molecule has 0 spiro atoms. The van der Waals surface area contributed by atoms with Crippen molar-refractivity contribution < 1.29 is 9.21 Å². The largest absolute Gasteiger partial charge is 0.464 e. The van der Waals surface area contributed by atoms with Gasteiger partial charge in [-0.3, -0.25) is 10.2 Å². The second-order valence-electron chi connectivity index (χ2n) is 4.20. The summed E-state index contributed by atoms with van der Waals surface area (Å²) in [6, 6.07) is 7.62. The zero-order chi connectivity index (χ0) is 12.4. The first-order chi connectivity index (χ1) is 8.83. The molecule has 5 heteroatoms. The molecule has 0 aliphatic carbocycles. The van der Waals surface area contributed by atoms with Crippen molar-refractivity contribution in [3.05, 3.63) is 30.5 Å². The Morgan fingerprint density at radius 1 is 1.33 bits per heavy atom. The van der Waals surface area contributed by atoms with Crippen LogP contribution in [0.25, 0.3) is 11.0 Å². The highest BCUT2D eigenvalue weighted by molar-refractivity contribution is 6.39. The first kappa shape index (κ1) is 10.8. The van der Waals surface area contributed by atoms with Crippen molar-refractivity contribution in [1.29, 1.82) is 0 Å². The molecule has 0 saturated carbocycles. The van der Waals surface area contributed by atoms with Crippen LogP contribution in [0, 0.1) is 0 Å². The molecule has 1 aliphatic rings. The van der Waals surface area contributed by atoms with Gasteiger partial charge in [0.25, 0.3) is 5.91 Å². The molecule has 2 aromatic rings. The Morgan fingerprint density at radius 2 is 2.28 bits per heavy atom. The number of piperidine rings is 1. The molecule has 18 heavy (non-hydrogen) atoms. The first-order valence-corrected chi connectivity index (χ1v) is 5.91. The second-order valence-corrected chi connectivity index (χ2v) is 4.20. The van der Waals surface area contributed by atoms with E-state index < -0.39 is 0 Å². The van der Waals surface area contributed by atoms with Crippen molar-refractivity contribution in [2.24, 2.45) is 5.10 Å². The van der Waals surface area contributed by atoms with Gasteiger partial charge in [-0.2, -0.15) is 5.10 Å². The highest BCUT2D eigenvalue weighted by Gasteiger charge is 2.15. The number of anilines is 1. The number of rotatable bonds is 2. The van der Waals surface area contributed by atoms with Gasteiger partial charge in [-0.25, -0.2) is 0 Å². The fourth-order valence-electron chi connectivity index (χ4n) is 1.94. The Kier molecular flexibility index (Phi) is 2.72. The maximum Gasteiger partial charge on any atom is 0.267 e. The van der Waals surface area contributed by atoms with Crippen LogP contribution >= 0.6 is 0 Å². The van der Waals surface area contributed by atoms with Crippen LogP contribution in [-0.2, 0) is 4.79 Å². The maximum atomic E-state index is 11.5. The fraction of sp³-hybridized carbons (Fsp3) is 0.231. The molecule has 5 nitrogen and oxygen atoms in total. The van der Waals surface area contributed by atoms with Gasteiger partial charge in [-0.15, -0.1) is 0 Å². The van der Waals surface area contributed by atoms with E-state index in [1.54, 1.807) is 6.26 Å². The summed E-state index contributed by atoms with van der Waals surface area (Å²) in [5, 5.41) is 7.95. The number of carbonyl (C=O) groups is 1. The number of hydrogen-bond donors (Lipinski definition) is 2. The van der Waals surface area contributed by atoms with E-state index in [1.165, 1.54) is 0 Å². The minimum absolute atomic E-state index is 0.0900. The number of carbonyl (C=O) groups excluding carboxylic acids is 1. The molecular weight excluding hydrogens is 230 g/mol. The van der Waals surface area contributed by atoms with Gasteiger partial charge in [0.15, 0.2) is 0 Å². The SMILES string of the molecule is O=C1NCCCC1=NNc1ccc2ccoc2c1. The molecule has 1 fully saturated rings. The monoisotopic (exact) mass is 243 g/mol. The third-order valence-electron chi connectivity index (χ3n) is 2.91. The Balaban J connectivity index is 1.79. The molecule has 1 amide bonds. The van der Waals surface area contributed by atoms with Crippen LogP contribution in [-0.4, -0.2) is 18.2 Å². The minimum Gasteiger partial charge on any atom is -0.464 e. The van der Waals surface area contributed by atoms with Gasteiger partial charge in [-0.1, -0.05) is 0 Å². The van der Waals surface area contributed by atoms with Gasteiger partial charge >= 0.3 is 0 Å². The van der Waals surface area contributed by atoms with E-state index in [4.69, 9.17) is 4.42 Å². The first-order valence-electron chi connectivity index (χ1n) is 5.91. The van der Waals surface area contributed by atoms with Crippen molar-refractivity contribution in [1.82, 2.24) is 5.32 Å². The van der Waals surface area contributed by atoms with Gasteiger partial charge in [0.1, 0.15) is 11.3 Å². The summed E-state index contributed by atoms with van der Waals surface area (Å²) in [4.78, 5) is 11.5. The number of nitrogens with zero attached hydrogens (tertiary/aromatic N) is 1. The fourth-order valence-corrected chi connectivity index (χ4v) is 1.94.